The first-order valence-electron chi connectivity index (χ1n) is 6.02. The van der Waals surface area contributed by atoms with Gasteiger partial charge in [0, 0.05) is 24.2 Å². The molecule has 0 aromatic carbocycles. The maximum Gasteiger partial charge on any atom is 0.317 e. The van der Waals surface area contributed by atoms with E-state index in [0.29, 0.717) is 13.1 Å². The lowest BCUT2D eigenvalue weighted by molar-refractivity contribution is -0.138. The monoisotopic (exact) mass is 276 g/mol. The molecule has 4 nitrogen and oxygen atoms in total. The zero-order chi connectivity index (χ0) is 13.7. The molecule has 0 radical (unpaired) electrons. The maximum atomic E-state index is 11.0. The number of aliphatic carboxylic acids is 1. The highest BCUT2D eigenvalue weighted by Gasteiger charge is 2.13. The van der Waals surface area contributed by atoms with Crippen molar-refractivity contribution in [2.24, 2.45) is 0 Å². The third kappa shape index (κ3) is 4.15. The highest BCUT2D eigenvalue weighted by Crippen LogP contribution is 2.18. The maximum absolute atomic E-state index is 11.0. The van der Waals surface area contributed by atoms with E-state index in [1.165, 1.54) is 10.4 Å². The number of rotatable bonds is 6. The fourth-order valence-electron chi connectivity index (χ4n) is 1.85. The normalized spacial score (nSPS) is 10.8. The van der Waals surface area contributed by atoms with E-state index < -0.39 is 5.97 Å². The Kier molecular flexibility index (Phi) is 4.65. The summed E-state index contributed by atoms with van der Waals surface area (Å²) in [5.41, 5.74) is 2.10. The van der Waals surface area contributed by atoms with Crippen LogP contribution in [0.5, 0.6) is 0 Å². The number of carboxylic acids is 1. The van der Waals surface area contributed by atoms with Crippen molar-refractivity contribution in [1.29, 1.82) is 0 Å². The molecule has 0 aliphatic heterocycles. The Morgan fingerprint density at radius 3 is 2.79 bits per heavy atom. The number of hydrogen-bond donors (Lipinski definition) is 1. The zero-order valence-electron chi connectivity index (χ0n) is 10.7. The number of nitrogens with zero attached hydrogens (tertiary/aromatic N) is 2. The molecule has 0 aliphatic carbocycles. The molecule has 1 N–H and O–H groups in total. The van der Waals surface area contributed by atoms with Crippen molar-refractivity contribution in [3.8, 4) is 0 Å². The number of carbonyl (C=O) groups is 1. The molecular weight excluding hydrogens is 260 g/mol. The van der Waals surface area contributed by atoms with Crippen molar-refractivity contribution < 1.29 is 9.90 Å². The fraction of sp³-hybridized carbons (Fsp3) is 0.286. The molecule has 0 aliphatic rings. The predicted octanol–water partition coefficient (Wildman–Crippen LogP) is 2.54. The molecule has 0 atom stereocenters. The van der Waals surface area contributed by atoms with Crippen LogP contribution in [0.25, 0.3) is 0 Å². The predicted molar refractivity (Wildman–Crippen MR) is 75.0 cm³/mol. The van der Waals surface area contributed by atoms with Gasteiger partial charge in [-0.1, -0.05) is 6.07 Å². The Hall–Kier alpha value is -1.72. The lowest BCUT2D eigenvalue weighted by atomic mass is 10.2. The summed E-state index contributed by atoms with van der Waals surface area (Å²) in [5, 5.41) is 11.0. The molecule has 0 fully saturated rings. The summed E-state index contributed by atoms with van der Waals surface area (Å²) in [6.07, 6.45) is 1.73. The molecule has 0 spiro atoms. The third-order valence-electron chi connectivity index (χ3n) is 2.81. The minimum Gasteiger partial charge on any atom is -0.480 e. The quantitative estimate of drug-likeness (QED) is 0.881. The van der Waals surface area contributed by atoms with Gasteiger partial charge in [0.2, 0.25) is 0 Å². The van der Waals surface area contributed by atoms with Crippen molar-refractivity contribution in [2.75, 3.05) is 6.54 Å². The number of aryl methyl sites for hydroxylation is 1. The molecule has 19 heavy (non-hydrogen) atoms. The summed E-state index contributed by atoms with van der Waals surface area (Å²) < 4.78 is 0. The van der Waals surface area contributed by atoms with Crippen molar-refractivity contribution in [3.05, 3.63) is 52.0 Å². The Morgan fingerprint density at radius 2 is 2.21 bits per heavy atom. The zero-order valence-corrected chi connectivity index (χ0v) is 11.6. The van der Waals surface area contributed by atoms with Gasteiger partial charge in [0.05, 0.1) is 12.2 Å². The van der Waals surface area contributed by atoms with Crippen LogP contribution < -0.4 is 0 Å². The first kappa shape index (κ1) is 13.7. The first-order valence-corrected chi connectivity index (χ1v) is 6.90. The van der Waals surface area contributed by atoms with Gasteiger partial charge in [-0.05, 0) is 36.1 Å². The van der Waals surface area contributed by atoms with Crippen LogP contribution in [0.15, 0.2) is 35.8 Å². The summed E-state index contributed by atoms with van der Waals surface area (Å²) in [5.74, 6) is -0.815. The van der Waals surface area contributed by atoms with Gasteiger partial charge in [0.25, 0.3) is 0 Å². The van der Waals surface area contributed by atoms with Crippen molar-refractivity contribution in [2.45, 2.75) is 20.0 Å². The van der Waals surface area contributed by atoms with E-state index in [2.05, 4.69) is 11.1 Å². The molecule has 2 aromatic rings. The largest absolute Gasteiger partial charge is 0.480 e. The molecule has 2 rings (SSSR count). The van der Waals surface area contributed by atoms with E-state index in [1.54, 1.807) is 17.5 Å². The van der Waals surface area contributed by atoms with Crippen LogP contribution >= 0.6 is 11.3 Å². The second kappa shape index (κ2) is 6.45. The molecule has 2 aromatic heterocycles. The summed E-state index contributed by atoms with van der Waals surface area (Å²) in [6.45, 7) is 3.26. The van der Waals surface area contributed by atoms with Gasteiger partial charge in [-0.25, -0.2) is 0 Å². The van der Waals surface area contributed by atoms with Gasteiger partial charge >= 0.3 is 5.97 Å². The molecule has 0 amide bonds. The SMILES string of the molecule is Cc1ccsc1CN(CC(=O)O)Cc1ccccn1. The summed E-state index contributed by atoms with van der Waals surface area (Å²) >= 11 is 1.66. The number of carboxylic acid groups (broad SMARTS) is 1. The van der Waals surface area contributed by atoms with Crippen LogP contribution in [0.1, 0.15) is 16.1 Å². The second-order valence-electron chi connectivity index (χ2n) is 4.39. The number of hydrogen-bond acceptors (Lipinski definition) is 4. The van der Waals surface area contributed by atoms with Gasteiger partial charge in [0.1, 0.15) is 0 Å². The number of aromatic nitrogens is 1. The molecule has 100 valence electrons. The Labute approximate surface area is 116 Å². The van der Waals surface area contributed by atoms with E-state index in [9.17, 15) is 4.79 Å². The molecule has 2 heterocycles. The molecule has 5 heteroatoms. The summed E-state index contributed by atoms with van der Waals surface area (Å²) in [6, 6.07) is 7.74. The van der Waals surface area contributed by atoms with Crippen LogP contribution in [0.2, 0.25) is 0 Å². The first-order chi connectivity index (χ1) is 9.15. The fourth-order valence-corrected chi connectivity index (χ4v) is 2.80. The van der Waals surface area contributed by atoms with Crippen LogP contribution in [-0.2, 0) is 17.9 Å². The lowest BCUT2D eigenvalue weighted by Gasteiger charge is -2.19. The van der Waals surface area contributed by atoms with Gasteiger partial charge in [-0.3, -0.25) is 14.7 Å². The molecule has 0 bridgehead atoms. The summed E-state index contributed by atoms with van der Waals surface area (Å²) in [4.78, 5) is 18.3. The molecule has 0 unspecified atom stereocenters. The Balaban J connectivity index is 2.08. The third-order valence-corrected chi connectivity index (χ3v) is 3.81. The van der Waals surface area contributed by atoms with Crippen LogP contribution in [0.4, 0.5) is 0 Å². The van der Waals surface area contributed by atoms with E-state index >= 15 is 0 Å². The van der Waals surface area contributed by atoms with E-state index in [-0.39, 0.29) is 6.54 Å². The number of pyridine rings is 1. The van der Waals surface area contributed by atoms with Crippen LogP contribution in [-0.4, -0.2) is 27.5 Å². The van der Waals surface area contributed by atoms with Crippen molar-refractivity contribution in [1.82, 2.24) is 9.88 Å². The van der Waals surface area contributed by atoms with Crippen LogP contribution in [0.3, 0.4) is 0 Å². The molecular formula is C14H16N2O2S. The highest BCUT2D eigenvalue weighted by atomic mass is 32.1. The smallest absolute Gasteiger partial charge is 0.317 e. The van der Waals surface area contributed by atoms with Crippen molar-refractivity contribution in [3.63, 3.8) is 0 Å². The topological polar surface area (TPSA) is 53.4 Å². The van der Waals surface area contributed by atoms with E-state index in [0.717, 1.165) is 5.69 Å². The highest BCUT2D eigenvalue weighted by molar-refractivity contribution is 7.10. The standard InChI is InChI=1S/C14H16N2O2S/c1-11-5-7-19-13(11)9-16(10-14(17)18)8-12-4-2-3-6-15-12/h2-7H,8-10H2,1H3,(H,17,18). The average molecular weight is 276 g/mol. The van der Waals surface area contributed by atoms with E-state index in [4.69, 9.17) is 5.11 Å². The lowest BCUT2D eigenvalue weighted by Crippen LogP contribution is -2.29. The van der Waals surface area contributed by atoms with Gasteiger partial charge in [-0.15, -0.1) is 11.3 Å². The van der Waals surface area contributed by atoms with Gasteiger partial charge in [0.15, 0.2) is 0 Å². The Bertz CT molecular complexity index is 539. The molecule has 0 saturated carbocycles. The minimum absolute atomic E-state index is 0.0217. The van der Waals surface area contributed by atoms with Gasteiger partial charge < -0.3 is 5.11 Å². The number of thiophene rings is 1. The average Bonchev–Trinajstić information content (AvgIpc) is 2.75. The van der Waals surface area contributed by atoms with E-state index in [1.807, 2.05) is 35.4 Å². The van der Waals surface area contributed by atoms with Crippen molar-refractivity contribution >= 4 is 17.3 Å². The second-order valence-corrected chi connectivity index (χ2v) is 5.39. The summed E-state index contributed by atoms with van der Waals surface area (Å²) in [7, 11) is 0. The minimum atomic E-state index is -0.815. The Morgan fingerprint density at radius 1 is 1.37 bits per heavy atom. The van der Waals surface area contributed by atoms with Gasteiger partial charge in [-0.2, -0.15) is 0 Å². The van der Waals surface area contributed by atoms with Crippen LogP contribution in [0, 0.1) is 6.92 Å². The molecule has 0 saturated heterocycles.